The topological polar surface area (TPSA) is 101 Å². The second-order valence-electron chi connectivity index (χ2n) is 17.2. The van der Waals surface area contributed by atoms with E-state index in [4.69, 9.17) is 9.47 Å². The fourth-order valence-electron chi connectivity index (χ4n) is 10.4. The molecule has 0 aliphatic heterocycles. The van der Waals surface area contributed by atoms with Crippen LogP contribution in [0.1, 0.15) is 0 Å². The molecule has 11 heteroatoms. The van der Waals surface area contributed by atoms with E-state index >= 15 is 0 Å². The predicted octanol–water partition coefficient (Wildman–Crippen LogP) is 7.49. The van der Waals surface area contributed by atoms with E-state index in [1.807, 2.05) is 48.5 Å². The van der Waals surface area contributed by atoms with Gasteiger partial charge in [-0.2, -0.15) is 0 Å². The molecular formula is C60H43N7O2Si2. The molecule has 0 radical (unpaired) electrons. The zero-order valence-electron chi connectivity index (χ0n) is 38.3. The number of hydrogen-bond acceptors (Lipinski definition) is 8. The highest BCUT2D eigenvalue weighted by molar-refractivity contribution is 7.20. The van der Waals surface area contributed by atoms with Crippen LogP contribution >= 0.6 is 0 Å². The predicted molar refractivity (Wildman–Crippen MR) is 288 cm³/mol. The van der Waals surface area contributed by atoms with Gasteiger partial charge in [-0.15, -0.1) is 20.4 Å². The van der Waals surface area contributed by atoms with Crippen molar-refractivity contribution in [1.82, 2.24) is 34.9 Å². The minimum absolute atomic E-state index is 0.372. The molecule has 0 N–H and O–H groups in total. The van der Waals surface area contributed by atoms with Crippen molar-refractivity contribution in [2.45, 2.75) is 0 Å². The summed E-state index contributed by atoms with van der Waals surface area (Å²) in [6.45, 7) is 0. The Morgan fingerprint density at radius 1 is 0.324 bits per heavy atom. The van der Waals surface area contributed by atoms with E-state index in [1.165, 1.54) is 37.4 Å². The summed E-state index contributed by atoms with van der Waals surface area (Å²) in [6.07, 6.45) is 4.86. The molecule has 4 aromatic heterocycles. The molecule has 0 spiro atoms. The Balaban J connectivity index is 1.13. The summed E-state index contributed by atoms with van der Waals surface area (Å²) in [5.74, 6) is 2.85. The lowest BCUT2D eigenvalue weighted by molar-refractivity contribution is 0.463. The van der Waals surface area contributed by atoms with Crippen molar-refractivity contribution >= 4 is 79.4 Å². The van der Waals surface area contributed by atoms with Crippen molar-refractivity contribution in [2.24, 2.45) is 0 Å². The molecule has 0 atom stereocenters. The molecule has 0 unspecified atom stereocenters. The minimum atomic E-state index is -3.14. The Kier molecular flexibility index (Phi) is 11.4. The number of pyridine rings is 2. The molecule has 0 saturated heterocycles. The largest absolute Gasteiger partial charge is 0.439 e. The van der Waals surface area contributed by atoms with Crippen molar-refractivity contribution in [1.29, 1.82) is 0 Å². The first kappa shape index (κ1) is 43.1. The Morgan fingerprint density at radius 3 is 1.07 bits per heavy atom. The highest BCUT2D eigenvalue weighted by Gasteiger charge is 2.44. The van der Waals surface area contributed by atoms with Crippen molar-refractivity contribution in [3.63, 3.8) is 0 Å². The summed E-state index contributed by atoms with van der Waals surface area (Å²) in [4.78, 5) is 8.97. The van der Waals surface area contributed by atoms with Crippen LogP contribution in [-0.4, -0.2) is 51.1 Å². The first-order valence-electron chi connectivity index (χ1n) is 23.4. The average Bonchev–Trinajstić information content (AvgIpc) is 3.77. The molecule has 0 fully saturated rings. The number of benzene rings is 8. The Morgan fingerprint density at radius 2 is 0.690 bits per heavy atom. The lowest BCUT2D eigenvalue weighted by atomic mass is 10.1. The third-order valence-corrected chi connectivity index (χ3v) is 22.8. The summed E-state index contributed by atoms with van der Waals surface area (Å²) >= 11 is 0. The van der Waals surface area contributed by atoms with Crippen molar-refractivity contribution in [2.75, 3.05) is 0 Å². The van der Waals surface area contributed by atoms with Gasteiger partial charge in [-0.25, -0.2) is 9.97 Å². The molecule has 0 aliphatic rings. The summed E-state index contributed by atoms with van der Waals surface area (Å²) in [6, 6.07) is 85.8. The Hall–Kier alpha value is -9.17. The fourth-order valence-corrected chi connectivity index (χ4v) is 19.9. The van der Waals surface area contributed by atoms with Crippen molar-refractivity contribution < 1.29 is 9.47 Å². The summed E-state index contributed by atoms with van der Waals surface area (Å²) in [7, 11) is -6.28. The van der Waals surface area contributed by atoms with Gasteiger partial charge in [-0.05, 0) is 90.0 Å². The van der Waals surface area contributed by atoms with E-state index in [9.17, 15) is 0 Å². The number of nitrogens with zero attached hydrogens (tertiary/aromatic N) is 7. The molecule has 0 amide bonds. The molecule has 0 bridgehead atoms. The molecule has 4 heterocycles. The molecule has 9 nitrogen and oxygen atoms in total. The molecular weight excluding hydrogens is 907 g/mol. The number of fused-ring (bicyclic) bond motifs is 3. The van der Waals surface area contributed by atoms with Gasteiger partial charge in [0.1, 0.15) is 11.5 Å². The van der Waals surface area contributed by atoms with Gasteiger partial charge in [0, 0.05) is 35.3 Å². The maximum Gasteiger partial charge on any atom is 0.273 e. The number of rotatable bonds is 13. The zero-order valence-corrected chi connectivity index (χ0v) is 40.3. The molecule has 12 aromatic rings. The molecule has 0 saturated carbocycles. The summed E-state index contributed by atoms with van der Waals surface area (Å²) in [5, 5.41) is 29.6. The van der Waals surface area contributed by atoms with Gasteiger partial charge in [0.2, 0.25) is 11.8 Å². The van der Waals surface area contributed by atoms with Crippen LogP contribution in [0.5, 0.6) is 23.3 Å². The lowest BCUT2D eigenvalue weighted by Gasteiger charge is -2.34. The number of aromatic nitrogens is 7. The zero-order chi connectivity index (χ0) is 47.5. The van der Waals surface area contributed by atoms with E-state index in [0.717, 1.165) is 32.2 Å². The van der Waals surface area contributed by atoms with Crippen LogP contribution in [0.15, 0.2) is 261 Å². The monoisotopic (exact) mass is 949 g/mol. The maximum atomic E-state index is 6.45. The Labute approximate surface area is 412 Å². The molecule has 0 aliphatic carbocycles. The SMILES string of the molecule is c1ccc([Si](c2ccccc2)(c2cccc(Oc3ccccn3)c2)c2ccc3c4ccc([Si](c5ccccc5)(c5ccccc5)c5cccc(Oc6ccccn6)c5)cc4n(-c4nncnn4)c3c2)cc1. The van der Waals surface area contributed by atoms with Crippen LogP contribution < -0.4 is 51.0 Å². The van der Waals surface area contributed by atoms with Crippen LogP contribution in [0.4, 0.5) is 0 Å². The van der Waals surface area contributed by atoms with E-state index in [0.29, 0.717) is 29.2 Å². The van der Waals surface area contributed by atoms with Gasteiger partial charge in [-0.3, -0.25) is 4.57 Å². The highest BCUT2D eigenvalue weighted by atomic mass is 28.3. The van der Waals surface area contributed by atoms with E-state index < -0.39 is 16.1 Å². The molecule has 12 rings (SSSR count). The maximum absolute atomic E-state index is 6.45. The van der Waals surface area contributed by atoms with Gasteiger partial charge in [0.15, 0.2) is 22.5 Å². The van der Waals surface area contributed by atoms with Gasteiger partial charge in [0.25, 0.3) is 5.95 Å². The number of ether oxygens (including phenoxy) is 2. The van der Waals surface area contributed by atoms with Gasteiger partial charge >= 0.3 is 0 Å². The highest BCUT2D eigenvalue weighted by Crippen LogP contribution is 2.32. The summed E-state index contributed by atoms with van der Waals surface area (Å²) < 4.78 is 15.0. The third kappa shape index (κ3) is 7.75. The van der Waals surface area contributed by atoms with Crippen LogP contribution in [0.25, 0.3) is 27.8 Å². The average molecular weight is 950 g/mol. The van der Waals surface area contributed by atoms with E-state index in [2.05, 4.69) is 229 Å². The molecule has 338 valence electrons. The van der Waals surface area contributed by atoms with Gasteiger partial charge in [-0.1, -0.05) is 182 Å². The van der Waals surface area contributed by atoms with E-state index in [1.54, 1.807) is 12.4 Å². The van der Waals surface area contributed by atoms with Gasteiger partial charge in [0.05, 0.1) is 11.0 Å². The lowest BCUT2D eigenvalue weighted by Crippen LogP contribution is -2.74. The van der Waals surface area contributed by atoms with Crippen LogP contribution in [0, 0.1) is 0 Å². The van der Waals surface area contributed by atoms with Crippen molar-refractivity contribution in [3.05, 3.63) is 261 Å². The normalized spacial score (nSPS) is 11.7. The van der Waals surface area contributed by atoms with Crippen molar-refractivity contribution in [3.8, 4) is 29.2 Å². The fraction of sp³-hybridized carbons (Fsp3) is 0. The second kappa shape index (κ2) is 18.7. The van der Waals surface area contributed by atoms with Crippen LogP contribution in [0.2, 0.25) is 0 Å². The quantitative estimate of drug-likeness (QED) is 0.0867. The first-order valence-corrected chi connectivity index (χ1v) is 27.4. The first-order chi connectivity index (χ1) is 35.2. The Bertz CT molecular complexity index is 3460. The number of hydrogen-bond donors (Lipinski definition) is 0. The molecule has 8 aromatic carbocycles. The third-order valence-electron chi connectivity index (χ3n) is 13.3. The van der Waals surface area contributed by atoms with Crippen LogP contribution in [0.3, 0.4) is 0 Å². The minimum Gasteiger partial charge on any atom is -0.439 e. The molecule has 71 heavy (non-hydrogen) atoms. The van der Waals surface area contributed by atoms with Crippen LogP contribution in [-0.2, 0) is 0 Å². The second-order valence-corrected chi connectivity index (χ2v) is 24.8. The van der Waals surface area contributed by atoms with E-state index in [-0.39, 0.29) is 0 Å². The van der Waals surface area contributed by atoms with Gasteiger partial charge < -0.3 is 9.47 Å². The standard InChI is InChI=1S/C60H43N7O2Si2/c1-5-21-46(22-6-1)70(47-23-7-2-8-24-47,50-29-17-19-44(39-50)68-58-31-13-15-37-61-58)52-33-35-54-55-36-34-53(42-57(55)67(56(54)41-52)60-65-63-43-64-66-60)71(48-25-9-3-10-26-48,49-27-11-4-12-28-49)51-30-18-20-45(40-51)69-59-32-14-16-38-62-59/h1-43H. The smallest absolute Gasteiger partial charge is 0.273 e. The summed E-state index contributed by atoms with van der Waals surface area (Å²) in [5.41, 5.74) is 1.87.